The minimum Gasteiger partial charge on any atom is -0.352 e. The van der Waals surface area contributed by atoms with Gasteiger partial charge >= 0.3 is 0 Å². The molecule has 0 unspecified atom stereocenters. The summed E-state index contributed by atoms with van der Waals surface area (Å²) in [5.74, 6) is -0.779. The van der Waals surface area contributed by atoms with Crippen molar-refractivity contribution in [1.82, 2.24) is 10.2 Å². The van der Waals surface area contributed by atoms with Gasteiger partial charge in [-0.2, -0.15) is 0 Å². The van der Waals surface area contributed by atoms with E-state index in [0.29, 0.717) is 5.69 Å². The molecule has 1 atom stereocenters. The number of carbonyl (C=O) groups is 2. The molecule has 0 fully saturated rings. The van der Waals surface area contributed by atoms with Gasteiger partial charge in [0.1, 0.15) is 12.6 Å². The van der Waals surface area contributed by atoms with Crippen molar-refractivity contribution in [2.45, 2.75) is 64.6 Å². The van der Waals surface area contributed by atoms with E-state index in [-0.39, 0.29) is 29.8 Å². The van der Waals surface area contributed by atoms with Crippen LogP contribution in [0, 0.1) is 20.8 Å². The highest BCUT2D eigenvalue weighted by Gasteiger charge is 2.35. The average molecular weight is 612 g/mol. The molecule has 0 spiro atoms. The lowest BCUT2D eigenvalue weighted by Crippen LogP contribution is -2.54. The van der Waals surface area contributed by atoms with Crippen LogP contribution in [0.2, 0.25) is 0 Å². The number of nitrogens with one attached hydrogen (secondary N) is 1. The lowest BCUT2D eigenvalue weighted by molar-refractivity contribution is -0.140. The third-order valence-electron chi connectivity index (χ3n) is 7.24. The Morgan fingerprint density at radius 2 is 1.32 bits per heavy atom. The molecule has 0 saturated carbocycles. The van der Waals surface area contributed by atoms with Crippen molar-refractivity contribution < 1.29 is 18.0 Å². The van der Waals surface area contributed by atoms with Gasteiger partial charge in [0.15, 0.2) is 0 Å². The summed E-state index contributed by atoms with van der Waals surface area (Å²) in [6.45, 7) is 9.15. The molecule has 7 nitrogen and oxygen atoms in total. The largest absolute Gasteiger partial charge is 0.352 e. The smallest absolute Gasteiger partial charge is 0.264 e. The minimum atomic E-state index is -4.13. The molecular formula is C36H41N3O4S. The molecule has 0 aromatic heterocycles. The highest BCUT2D eigenvalue weighted by Crippen LogP contribution is 2.27. The van der Waals surface area contributed by atoms with Crippen molar-refractivity contribution in [2.24, 2.45) is 0 Å². The number of hydrogen-bond donors (Lipinski definition) is 1. The zero-order valence-corrected chi connectivity index (χ0v) is 26.8. The molecule has 0 aliphatic heterocycles. The number of carbonyl (C=O) groups excluding carboxylic acids is 2. The molecule has 0 bridgehead atoms. The Bertz CT molecular complexity index is 1670. The summed E-state index contributed by atoms with van der Waals surface area (Å²) in [4.78, 5) is 29.9. The van der Waals surface area contributed by atoms with Gasteiger partial charge in [0.25, 0.3) is 10.0 Å². The highest BCUT2D eigenvalue weighted by molar-refractivity contribution is 7.92. The Kier molecular flexibility index (Phi) is 10.6. The number of benzene rings is 4. The van der Waals surface area contributed by atoms with Gasteiger partial charge in [-0.1, -0.05) is 84.4 Å². The second-order valence-electron chi connectivity index (χ2n) is 11.6. The molecule has 4 aromatic rings. The number of aryl methyl sites for hydroxylation is 3. The first-order valence-corrected chi connectivity index (χ1v) is 16.2. The first kappa shape index (κ1) is 32.5. The third kappa shape index (κ3) is 8.35. The predicted octanol–water partition coefficient (Wildman–Crippen LogP) is 5.97. The second kappa shape index (κ2) is 14.4. The monoisotopic (exact) mass is 611 g/mol. The van der Waals surface area contributed by atoms with Crippen LogP contribution in [-0.4, -0.2) is 43.8 Å². The van der Waals surface area contributed by atoms with Gasteiger partial charge in [-0.3, -0.25) is 13.9 Å². The van der Waals surface area contributed by atoms with Crippen LogP contribution in [0.4, 0.5) is 5.69 Å². The molecule has 230 valence electrons. The van der Waals surface area contributed by atoms with Crippen LogP contribution in [0.3, 0.4) is 0 Å². The fourth-order valence-corrected chi connectivity index (χ4v) is 6.70. The van der Waals surface area contributed by atoms with Crippen LogP contribution in [-0.2, 0) is 32.6 Å². The van der Waals surface area contributed by atoms with E-state index in [1.54, 1.807) is 30.3 Å². The molecule has 0 radical (unpaired) electrons. The summed E-state index contributed by atoms with van der Waals surface area (Å²) in [6, 6.07) is 29.9. The normalized spacial score (nSPS) is 12.0. The van der Waals surface area contributed by atoms with Crippen LogP contribution >= 0.6 is 0 Å². The summed E-state index contributed by atoms with van der Waals surface area (Å²) in [6.07, 6.45) is 0.270. The van der Waals surface area contributed by atoms with E-state index in [1.165, 1.54) is 17.0 Å². The Labute approximate surface area is 261 Å². The molecule has 0 aliphatic carbocycles. The van der Waals surface area contributed by atoms with Crippen LogP contribution in [0.25, 0.3) is 0 Å². The minimum absolute atomic E-state index is 0.0792. The zero-order chi connectivity index (χ0) is 31.9. The molecule has 2 amide bonds. The molecule has 0 aliphatic rings. The second-order valence-corrected chi connectivity index (χ2v) is 13.4. The lowest BCUT2D eigenvalue weighted by atomic mass is 10.0. The summed E-state index contributed by atoms with van der Waals surface area (Å²) >= 11 is 0. The number of sulfonamides is 1. The van der Waals surface area contributed by atoms with Gasteiger partial charge in [0, 0.05) is 19.0 Å². The fraction of sp³-hybridized carbons (Fsp3) is 0.278. The van der Waals surface area contributed by atoms with E-state index in [9.17, 15) is 18.0 Å². The zero-order valence-electron chi connectivity index (χ0n) is 26.0. The molecule has 4 aromatic carbocycles. The molecule has 0 heterocycles. The first-order valence-electron chi connectivity index (χ1n) is 14.8. The maximum Gasteiger partial charge on any atom is 0.264 e. The average Bonchev–Trinajstić information content (AvgIpc) is 2.97. The Morgan fingerprint density at radius 1 is 0.727 bits per heavy atom. The summed E-state index contributed by atoms with van der Waals surface area (Å²) < 4.78 is 29.4. The highest BCUT2D eigenvalue weighted by atomic mass is 32.2. The van der Waals surface area contributed by atoms with Crippen molar-refractivity contribution in [3.05, 3.63) is 131 Å². The van der Waals surface area contributed by atoms with Crippen molar-refractivity contribution in [3.63, 3.8) is 0 Å². The standard InChI is InChI=1S/C36H41N3O4S/c1-26(2)37-36(41)34(23-30-14-8-6-9-15-30)38(24-31-16-12-13-27(3)20-31)35(40)25-39(32-21-28(4)19-29(5)22-32)44(42,43)33-17-10-7-11-18-33/h6-22,26,34H,23-25H2,1-5H3,(H,37,41)/t34-/m1/s1. The van der Waals surface area contributed by atoms with Crippen molar-refractivity contribution in [1.29, 1.82) is 0 Å². The molecule has 0 saturated heterocycles. The van der Waals surface area contributed by atoms with Crippen LogP contribution in [0.15, 0.2) is 108 Å². The summed E-state index contributed by atoms with van der Waals surface area (Å²) in [5, 5.41) is 2.99. The Balaban J connectivity index is 1.82. The van der Waals surface area contributed by atoms with Gasteiger partial charge in [-0.25, -0.2) is 8.42 Å². The van der Waals surface area contributed by atoms with Gasteiger partial charge in [0.05, 0.1) is 10.6 Å². The SMILES string of the molecule is Cc1cccc(CN(C(=O)CN(c2cc(C)cc(C)c2)S(=O)(=O)c2ccccc2)[C@H](Cc2ccccc2)C(=O)NC(C)C)c1. The van der Waals surface area contributed by atoms with Gasteiger partial charge in [-0.15, -0.1) is 0 Å². The Morgan fingerprint density at radius 3 is 1.91 bits per heavy atom. The van der Waals surface area contributed by atoms with Crippen LogP contribution < -0.4 is 9.62 Å². The maximum absolute atomic E-state index is 14.5. The van der Waals surface area contributed by atoms with Gasteiger partial charge < -0.3 is 10.2 Å². The van der Waals surface area contributed by atoms with Crippen molar-refractivity contribution in [3.8, 4) is 0 Å². The number of hydrogen-bond acceptors (Lipinski definition) is 4. The molecule has 8 heteroatoms. The lowest BCUT2D eigenvalue weighted by Gasteiger charge is -2.34. The fourth-order valence-electron chi connectivity index (χ4n) is 5.28. The van der Waals surface area contributed by atoms with Crippen LogP contribution in [0.5, 0.6) is 0 Å². The van der Waals surface area contributed by atoms with Crippen LogP contribution in [0.1, 0.15) is 41.7 Å². The van der Waals surface area contributed by atoms with E-state index in [2.05, 4.69) is 5.32 Å². The van der Waals surface area contributed by atoms with E-state index >= 15 is 0 Å². The third-order valence-corrected chi connectivity index (χ3v) is 9.03. The summed E-state index contributed by atoms with van der Waals surface area (Å²) in [7, 11) is -4.13. The quantitative estimate of drug-likeness (QED) is 0.214. The number of rotatable bonds is 12. The number of amides is 2. The van der Waals surface area contributed by atoms with Gasteiger partial charge in [-0.05, 0) is 81.1 Å². The van der Waals surface area contributed by atoms with E-state index < -0.39 is 28.5 Å². The number of anilines is 1. The van der Waals surface area contributed by atoms with Crippen molar-refractivity contribution >= 4 is 27.5 Å². The number of nitrogens with zero attached hydrogens (tertiary/aromatic N) is 2. The van der Waals surface area contributed by atoms with Crippen molar-refractivity contribution in [2.75, 3.05) is 10.8 Å². The predicted molar refractivity (Wildman–Crippen MR) is 176 cm³/mol. The van der Waals surface area contributed by atoms with E-state index in [1.807, 2.05) is 95.3 Å². The van der Waals surface area contributed by atoms with E-state index in [0.717, 1.165) is 32.1 Å². The Hall–Kier alpha value is -4.43. The van der Waals surface area contributed by atoms with E-state index in [4.69, 9.17) is 0 Å². The molecule has 4 rings (SSSR count). The molecular weight excluding hydrogens is 570 g/mol. The van der Waals surface area contributed by atoms with Gasteiger partial charge in [0.2, 0.25) is 11.8 Å². The molecule has 1 N–H and O–H groups in total. The topological polar surface area (TPSA) is 86.8 Å². The summed E-state index contributed by atoms with van der Waals surface area (Å²) in [5.41, 5.74) is 4.89. The molecule has 44 heavy (non-hydrogen) atoms. The first-order chi connectivity index (χ1) is 20.9. The maximum atomic E-state index is 14.5.